The van der Waals surface area contributed by atoms with Gasteiger partial charge >= 0.3 is 0 Å². The number of rotatable bonds is 7. The van der Waals surface area contributed by atoms with E-state index in [9.17, 15) is 14.4 Å². The Labute approximate surface area is 200 Å². The fraction of sp³-hybridized carbons (Fsp3) is 0.824. The van der Waals surface area contributed by atoms with E-state index in [1.165, 1.54) is 0 Å². The van der Waals surface area contributed by atoms with Crippen molar-refractivity contribution < 1.29 is 14.4 Å². The molecule has 4 bridgehead atoms. The van der Waals surface area contributed by atoms with Crippen LogP contribution in [0.4, 0.5) is 14.4 Å². The average molecular weight is 714 g/mol. The van der Waals surface area contributed by atoms with E-state index in [0.717, 1.165) is 38.5 Å². The highest BCUT2D eigenvalue weighted by Crippen LogP contribution is 2.73. The minimum Gasteiger partial charge on any atom is -0.347 e. The van der Waals surface area contributed by atoms with Crippen molar-refractivity contribution >= 4 is 79.5 Å². The van der Waals surface area contributed by atoms with Crippen LogP contribution in [0.5, 0.6) is 0 Å². The number of hydrogen-bond acceptors (Lipinski definition) is 4. The first-order chi connectivity index (χ1) is 12.6. The molecule has 27 heavy (non-hydrogen) atoms. The molecule has 4 aliphatic carbocycles. The Hall–Kier alpha value is 0.560. The summed E-state index contributed by atoms with van der Waals surface area (Å²) in [4.78, 5) is 34.8. The summed E-state index contributed by atoms with van der Waals surface area (Å²) >= 11 is 5.34. The van der Waals surface area contributed by atoms with Gasteiger partial charge in [-0.2, -0.15) is 0 Å². The van der Waals surface area contributed by atoms with Gasteiger partial charge in [0.25, 0.3) is 11.7 Å². The molecule has 0 radical (unpaired) electrons. The Morgan fingerprint density at radius 2 is 0.889 bits per heavy atom. The summed E-state index contributed by atoms with van der Waals surface area (Å²) in [5.41, 5.74) is 6.24. The smallest absolute Gasteiger partial charge is 0.280 e. The molecule has 10 heteroatoms. The third-order valence-electron chi connectivity index (χ3n) is 6.74. The highest BCUT2D eigenvalue weighted by Gasteiger charge is 2.67. The SMILES string of the molecule is NCC12CC3(CNC(=O)I)CC(CNC(=O)I)(C1)CC(CNC(=O)I)(C2)C3. The van der Waals surface area contributed by atoms with Crippen LogP contribution in [0.1, 0.15) is 38.5 Å². The molecule has 5 N–H and O–H groups in total. The number of hydrogen-bond donors (Lipinski definition) is 4. The summed E-state index contributed by atoms with van der Waals surface area (Å²) in [6, 6.07) is 0. The second-order valence-electron chi connectivity index (χ2n) is 9.15. The maximum absolute atomic E-state index is 11.6. The summed E-state index contributed by atoms with van der Waals surface area (Å²) in [5, 5.41) is 9.11. The van der Waals surface area contributed by atoms with Crippen molar-refractivity contribution in [3.63, 3.8) is 0 Å². The third-order valence-corrected chi connectivity index (χ3v) is 7.88. The van der Waals surface area contributed by atoms with Crippen LogP contribution in [0.15, 0.2) is 0 Å². The first-order valence-electron chi connectivity index (χ1n) is 9.06. The van der Waals surface area contributed by atoms with Gasteiger partial charge < -0.3 is 21.7 Å². The van der Waals surface area contributed by atoms with Gasteiger partial charge in [0.15, 0.2) is 0 Å². The lowest BCUT2D eigenvalue weighted by molar-refractivity contribution is -0.192. The Kier molecular flexibility index (Phi) is 6.60. The fourth-order valence-corrected chi connectivity index (χ4v) is 7.65. The van der Waals surface area contributed by atoms with Crippen molar-refractivity contribution in [1.82, 2.24) is 16.0 Å². The van der Waals surface area contributed by atoms with Crippen LogP contribution >= 0.6 is 67.8 Å². The van der Waals surface area contributed by atoms with Crippen molar-refractivity contribution in [2.24, 2.45) is 27.4 Å². The standard InChI is InChI=1S/C17H25I3N4O3/c18-11(25)22-8-15-1-14(7-21)2-16(4-15,9-23-12(19)26)6-17(3-14,5-15)10-24-13(20)27/h1-10,21H2,(H,22,25)(H,23,26)(H,24,27). The lowest BCUT2D eigenvalue weighted by atomic mass is 9.35. The molecule has 152 valence electrons. The number of nitrogens with one attached hydrogen (secondary N) is 3. The van der Waals surface area contributed by atoms with Gasteiger partial charge in [-0.25, -0.2) is 0 Å². The Balaban J connectivity index is 1.95. The number of carbonyl (C=O) groups is 3. The first-order valence-corrected chi connectivity index (χ1v) is 12.3. The number of nitrogens with two attached hydrogens (primary N) is 1. The van der Waals surface area contributed by atoms with Crippen molar-refractivity contribution in [2.45, 2.75) is 38.5 Å². The predicted octanol–water partition coefficient (Wildman–Crippen LogP) is 3.71. The van der Waals surface area contributed by atoms with Gasteiger partial charge in [-0.1, -0.05) is 0 Å². The summed E-state index contributed by atoms with van der Waals surface area (Å²) in [6.07, 6.45) is 5.97. The van der Waals surface area contributed by atoms with Gasteiger partial charge in [-0.05, 0) is 66.7 Å². The lowest BCUT2D eigenvalue weighted by Gasteiger charge is -2.71. The normalized spacial score (nSPS) is 39.1. The van der Waals surface area contributed by atoms with E-state index in [4.69, 9.17) is 5.73 Å². The lowest BCUT2D eigenvalue weighted by Crippen LogP contribution is -2.68. The maximum atomic E-state index is 11.6. The van der Waals surface area contributed by atoms with E-state index in [1.54, 1.807) is 67.8 Å². The van der Waals surface area contributed by atoms with Crippen LogP contribution in [0.25, 0.3) is 0 Å². The molecular formula is C17H25I3N4O3. The van der Waals surface area contributed by atoms with E-state index >= 15 is 0 Å². The Morgan fingerprint density at radius 1 is 0.630 bits per heavy atom. The van der Waals surface area contributed by atoms with Gasteiger partial charge in [-0.15, -0.1) is 0 Å². The second-order valence-corrected chi connectivity index (χ2v) is 12.1. The van der Waals surface area contributed by atoms with E-state index in [0.29, 0.717) is 26.2 Å². The minimum atomic E-state index is -0.0469. The number of carbonyl (C=O) groups excluding carboxylic acids is 3. The van der Waals surface area contributed by atoms with Crippen LogP contribution in [0.2, 0.25) is 0 Å². The molecule has 4 aliphatic rings. The van der Waals surface area contributed by atoms with Gasteiger partial charge in [0.1, 0.15) is 0 Å². The van der Waals surface area contributed by atoms with Crippen LogP contribution in [-0.2, 0) is 0 Å². The predicted molar refractivity (Wildman–Crippen MR) is 129 cm³/mol. The average Bonchev–Trinajstić information content (AvgIpc) is 2.56. The fourth-order valence-electron chi connectivity index (χ4n) is 7.07. The summed E-state index contributed by atoms with van der Waals surface area (Å²) in [6.45, 7) is 2.51. The zero-order chi connectivity index (χ0) is 19.9. The molecule has 4 rings (SSSR count). The molecule has 0 atom stereocenters. The monoisotopic (exact) mass is 714 g/mol. The molecule has 0 saturated heterocycles. The highest BCUT2D eigenvalue weighted by atomic mass is 127. The second kappa shape index (κ2) is 8.00. The topological polar surface area (TPSA) is 113 Å². The van der Waals surface area contributed by atoms with Crippen molar-refractivity contribution in [2.75, 3.05) is 26.2 Å². The summed E-state index contributed by atoms with van der Waals surface area (Å²) in [5.74, 6) is 0. The van der Waals surface area contributed by atoms with E-state index in [2.05, 4.69) is 16.0 Å². The molecule has 0 unspecified atom stereocenters. The van der Waals surface area contributed by atoms with Crippen molar-refractivity contribution in [1.29, 1.82) is 0 Å². The van der Waals surface area contributed by atoms with Crippen LogP contribution in [-0.4, -0.2) is 37.9 Å². The molecule has 7 nitrogen and oxygen atoms in total. The highest BCUT2D eigenvalue weighted by molar-refractivity contribution is 14.1. The zero-order valence-electron chi connectivity index (χ0n) is 15.0. The maximum Gasteiger partial charge on any atom is 0.280 e. The minimum absolute atomic E-state index is 0.0107. The van der Waals surface area contributed by atoms with E-state index in [1.807, 2.05) is 0 Å². The summed E-state index contributed by atoms with van der Waals surface area (Å²) < 4.78 is -0.141. The number of amides is 3. The molecule has 0 aromatic carbocycles. The molecule has 0 heterocycles. The first kappa shape index (κ1) is 22.2. The molecule has 0 aromatic rings. The van der Waals surface area contributed by atoms with E-state index in [-0.39, 0.29) is 33.4 Å². The van der Waals surface area contributed by atoms with E-state index < -0.39 is 0 Å². The number of halogens is 3. The van der Waals surface area contributed by atoms with Crippen LogP contribution in [0, 0.1) is 21.7 Å². The quantitative estimate of drug-likeness (QED) is 0.183. The van der Waals surface area contributed by atoms with Crippen molar-refractivity contribution in [3.05, 3.63) is 0 Å². The van der Waals surface area contributed by atoms with Gasteiger partial charge in [0.2, 0.25) is 0 Å². The molecular weight excluding hydrogens is 689 g/mol. The van der Waals surface area contributed by atoms with Crippen LogP contribution in [0.3, 0.4) is 0 Å². The van der Waals surface area contributed by atoms with Gasteiger partial charge in [0.05, 0.1) is 0 Å². The molecule has 0 aromatic heterocycles. The third kappa shape index (κ3) is 4.84. The molecule has 4 fully saturated rings. The Bertz CT molecular complexity index is 568. The molecule has 3 amide bonds. The zero-order valence-corrected chi connectivity index (χ0v) is 21.5. The van der Waals surface area contributed by atoms with Gasteiger partial charge in [0, 0.05) is 87.4 Å². The summed E-state index contributed by atoms with van der Waals surface area (Å²) in [7, 11) is 0. The molecule has 0 aliphatic heterocycles. The largest absolute Gasteiger partial charge is 0.347 e. The molecule has 4 saturated carbocycles. The van der Waals surface area contributed by atoms with Crippen molar-refractivity contribution in [3.8, 4) is 0 Å². The molecule has 0 spiro atoms. The Morgan fingerprint density at radius 3 is 1.11 bits per heavy atom. The van der Waals surface area contributed by atoms with Crippen LogP contribution < -0.4 is 21.7 Å². The van der Waals surface area contributed by atoms with Gasteiger partial charge in [-0.3, -0.25) is 14.4 Å².